The van der Waals surface area contributed by atoms with Crippen molar-refractivity contribution >= 4 is 0 Å². The van der Waals surface area contributed by atoms with E-state index < -0.39 is 0 Å². The summed E-state index contributed by atoms with van der Waals surface area (Å²) in [6.45, 7) is 5.79. The number of aryl methyl sites for hydroxylation is 1. The number of benzene rings is 1. The average molecular weight is 291 g/mol. The molecule has 4 nitrogen and oxygen atoms in total. The predicted octanol–water partition coefficient (Wildman–Crippen LogP) is 3.81. The van der Waals surface area contributed by atoms with Gasteiger partial charge < -0.3 is 10.3 Å². The van der Waals surface area contributed by atoms with Crippen LogP contribution in [0.1, 0.15) is 50.5 Å². The summed E-state index contributed by atoms with van der Waals surface area (Å²) in [5, 5.41) is 3.99. The van der Waals surface area contributed by atoms with Gasteiger partial charge in [0.25, 0.3) is 0 Å². The molecule has 5 heteroatoms. The van der Waals surface area contributed by atoms with Crippen molar-refractivity contribution < 1.29 is 8.91 Å². The lowest BCUT2D eigenvalue weighted by Crippen LogP contribution is -2.14. The van der Waals surface area contributed by atoms with Crippen LogP contribution in [0.15, 0.2) is 22.7 Å². The van der Waals surface area contributed by atoms with E-state index in [4.69, 9.17) is 10.3 Å². The molecule has 0 aliphatic carbocycles. The molecule has 0 saturated heterocycles. The van der Waals surface area contributed by atoms with Gasteiger partial charge in [-0.2, -0.15) is 4.98 Å². The number of hydrogen-bond acceptors (Lipinski definition) is 4. The number of rotatable bonds is 6. The highest BCUT2D eigenvalue weighted by Gasteiger charge is 2.15. The van der Waals surface area contributed by atoms with Crippen molar-refractivity contribution in [3.05, 3.63) is 35.5 Å². The Balaban J connectivity index is 2.05. The lowest BCUT2D eigenvalue weighted by atomic mass is 10.0. The van der Waals surface area contributed by atoms with Gasteiger partial charge in [0.05, 0.1) is 0 Å². The molecular weight excluding hydrogens is 269 g/mol. The van der Waals surface area contributed by atoms with Gasteiger partial charge in [0.2, 0.25) is 11.7 Å². The van der Waals surface area contributed by atoms with Crippen molar-refractivity contribution in [1.29, 1.82) is 0 Å². The Bertz CT molecular complexity index is 595. The standard InChI is InChI=1S/C16H22FN3O/c1-10(5-4-6-12(3)18)16-19-15(20-21-16)13-7-8-14(17)11(2)9-13/h7-10,12H,4-6,18H2,1-3H3. The number of aromatic nitrogens is 2. The zero-order valence-corrected chi connectivity index (χ0v) is 12.8. The molecule has 1 aromatic heterocycles. The van der Waals surface area contributed by atoms with Crippen LogP contribution in [-0.2, 0) is 0 Å². The van der Waals surface area contributed by atoms with Crippen molar-refractivity contribution in [3.8, 4) is 11.4 Å². The first-order valence-corrected chi connectivity index (χ1v) is 7.33. The van der Waals surface area contributed by atoms with Gasteiger partial charge in [0.15, 0.2) is 0 Å². The van der Waals surface area contributed by atoms with Crippen molar-refractivity contribution in [1.82, 2.24) is 10.1 Å². The Morgan fingerprint density at radius 2 is 2.05 bits per heavy atom. The summed E-state index contributed by atoms with van der Waals surface area (Å²) in [6, 6.07) is 5.03. The van der Waals surface area contributed by atoms with E-state index in [0.29, 0.717) is 17.3 Å². The van der Waals surface area contributed by atoms with Gasteiger partial charge in [-0.05, 0) is 50.5 Å². The fourth-order valence-corrected chi connectivity index (χ4v) is 2.21. The van der Waals surface area contributed by atoms with E-state index >= 15 is 0 Å². The maximum absolute atomic E-state index is 13.3. The molecule has 2 unspecified atom stereocenters. The summed E-state index contributed by atoms with van der Waals surface area (Å²) >= 11 is 0. The largest absolute Gasteiger partial charge is 0.339 e. The van der Waals surface area contributed by atoms with Crippen LogP contribution in [-0.4, -0.2) is 16.2 Å². The molecule has 2 rings (SSSR count). The molecule has 0 saturated carbocycles. The highest BCUT2D eigenvalue weighted by molar-refractivity contribution is 5.55. The van der Waals surface area contributed by atoms with Crippen LogP contribution in [0.5, 0.6) is 0 Å². The van der Waals surface area contributed by atoms with E-state index in [-0.39, 0.29) is 17.8 Å². The number of halogens is 1. The Labute approximate surface area is 124 Å². The van der Waals surface area contributed by atoms with Crippen LogP contribution in [0.4, 0.5) is 4.39 Å². The monoisotopic (exact) mass is 291 g/mol. The van der Waals surface area contributed by atoms with Crippen LogP contribution in [0, 0.1) is 12.7 Å². The Morgan fingerprint density at radius 1 is 1.29 bits per heavy atom. The molecule has 0 aliphatic rings. The highest BCUT2D eigenvalue weighted by atomic mass is 19.1. The average Bonchev–Trinajstić information content (AvgIpc) is 2.91. The van der Waals surface area contributed by atoms with Crippen LogP contribution in [0.3, 0.4) is 0 Å². The Morgan fingerprint density at radius 3 is 2.71 bits per heavy atom. The first-order valence-electron chi connectivity index (χ1n) is 7.33. The molecule has 0 amide bonds. The lowest BCUT2D eigenvalue weighted by Gasteiger charge is -2.07. The molecule has 21 heavy (non-hydrogen) atoms. The maximum atomic E-state index is 13.3. The summed E-state index contributed by atoms with van der Waals surface area (Å²) in [5.74, 6) is 1.10. The third-order valence-electron chi connectivity index (χ3n) is 3.58. The molecule has 0 fully saturated rings. The van der Waals surface area contributed by atoms with E-state index in [1.54, 1.807) is 19.1 Å². The molecule has 1 heterocycles. The Hall–Kier alpha value is -1.75. The van der Waals surface area contributed by atoms with E-state index in [9.17, 15) is 4.39 Å². The minimum absolute atomic E-state index is 0.201. The van der Waals surface area contributed by atoms with Gasteiger partial charge in [-0.15, -0.1) is 0 Å². The summed E-state index contributed by atoms with van der Waals surface area (Å²) in [6.07, 6.45) is 2.99. The van der Waals surface area contributed by atoms with Gasteiger partial charge in [-0.3, -0.25) is 0 Å². The molecule has 0 aliphatic heterocycles. The van der Waals surface area contributed by atoms with Crippen molar-refractivity contribution in [2.24, 2.45) is 5.73 Å². The molecule has 2 aromatic rings. The smallest absolute Gasteiger partial charge is 0.229 e. The van der Waals surface area contributed by atoms with Gasteiger partial charge >= 0.3 is 0 Å². The molecule has 0 radical (unpaired) electrons. The van der Waals surface area contributed by atoms with E-state index in [2.05, 4.69) is 17.1 Å². The quantitative estimate of drug-likeness (QED) is 0.879. The fourth-order valence-electron chi connectivity index (χ4n) is 2.21. The summed E-state index contributed by atoms with van der Waals surface area (Å²) in [7, 11) is 0. The third kappa shape index (κ3) is 4.11. The van der Waals surface area contributed by atoms with Crippen molar-refractivity contribution in [3.63, 3.8) is 0 Å². The van der Waals surface area contributed by atoms with Crippen molar-refractivity contribution in [2.75, 3.05) is 0 Å². The van der Waals surface area contributed by atoms with Crippen LogP contribution >= 0.6 is 0 Å². The molecule has 1 aromatic carbocycles. The molecule has 0 spiro atoms. The first kappa shape index (κ1) is 15.6. The minimum atomic E-state index is -0.230. The van der Waals surface area contributed by atoms with Crippen LogP contribution in [0.2, 0.25) is 0 Å². The number of nitrogens with zero attached hydrogens (tertiary/aromatic N) is 2. The summed E-state index contributed by atoms with van der Waals surface area (Å²) < 4.78 is 18.6. The molecule has 114 valence electrons. The Kier molecular flexibility index (Phi) is 5.07. The van der Waals surface area contributed by atoms with Gasteiger partial charge in [0.1, 0.15) is 5.82 Å². The lowest BCUT2D eigenvalue weighted by molar-refractivity contribution is 0.350. The van der Waals surface area contributed by atoms with Crippen molar-refractivity contribution in [2.45, 2.75) is 52.0 Å². The second-order valence-corrected chi connectivity index (χ2v) is 5.73. The first-order chi connectivity index (χ1) is 9.97. The van der Waals surface area contributed by atoms with Crippen LogP contribution < -0.4 is 5.73 Å². The topological polar surface area (TPSA) is 64.9 Å². The number of nitrogens with two attached hydrogens (primary N) is 1. The number of hydrogen-bond donors (Lipinski definition) is 1. The van der Waals surface area contributed by atoms with Gasteiger partial charge in [-0.1, -0.05) is 18.5 Å². The SMILES string of the molecule is Cc1cc(-c2noc(C(C)CCCC(C)N)n2)ccc1F. The maximum Gasteiger partial charge on any atom is 0.229 e. The minimum Gasteiger partial charge on any atom is -0.339 e. The highest BCUT2D eigenvalue weighted by Crippen LogP contribution is 2.24. The third-order valence-corrected chi connectivity index (χ3v) is 3.58. The zero-order valence-electron chi connectivity index (χ0n) is 12.8. The molecular formula is C16H22FN3O. The summed E-state index contributed by atoms with van der Waals surface area (Å²) in [5.41, 5.74) is 7.08. The zero-order chi connectivity index (χ0) is 15.4. The molecule has 2 atom stereocenters. The normalized spacial score (nSPS) is 14.1. The fraction of sp³-hybridized carbons (Fsp3) is 0.500. The van der Waals surface area contributed by atoms with E-state index in [1.165, 1.54) is 6.07 Å². The van der Waals surface area contributed by atoms with E-state index in [1.807, 2.05) is 6.92 Å². The summed E-state index contributed by atoms with van der Waals surface area (Å²) in [4.78, 5) is 4.42. The van der Waals surface area contributed by atoms with E-state index in [0.717, 1.165) is 24.8 Å². The predicted molar refractivity (Wildman–Crippen MR) is 80.3 cm³/mol. The molecule has 2 N–H and O–H groups in total. The van der Waals surface area contributed by atoms with Crippen LogP contribution in [0.25, 0.3) is 11.4 Å². The second kappa shape index (κ2) is 6.80. The van der Waals surface area contributed by atoms with Gasteiger partial charge in [-0.25, -0.2) is 4.39 Å². The van der Waals surface area contributed by atoms with Gasteiger partial charge in [0, 0.05) is 17.5 Å². The second-order valence-electron chi connectivity index (χ2n) is 5.73. The molecule has 0 bridgehead atoms.